The first-order valence-electron chi connectivity index (χ1n) is 6.21. The van der Waals surface area contributed by atoms with Crippen molar-refractivity contribution in [3.63, 3.8) is 0 Å². The van der Waals surface area contributed by atoms with E-state index in [1.807, 2.05) is 0 Å². The van der Waals surface area contributed by atoms with Crippen LogP contribution in [0.25, 0.3) is 0 Å². The molecule has 0 saturated carbocycles. The molecular formula is C14H8BrF3O6. The Hall–Kier alpha value is -2.36. The SMILES string of the molecule is CCOC(=O)C(=O)C(=O)C(=O)C(=O)c1ccc(Br)cc1C(F)(F)F. The van der Waals surface area contributed by atoms with Crippen molar-refractivity contribution in [3.8, 4) is 0 Å². The highest BCUT2D eigenvalue weighted by Gasteiger charge is 2.40. The number of Topliss-reactive ketones (excluding diaryl/α,β-unsaturated/α-hetero) is 4. The molecule has 0 amide bonds. The van der Waals surface area contributed by atoms with Crippen LogP contribution in [0.15, 0.2) is 22.7 Å². The zero-order valence-electron chi connectivity index (χ0n) is 11.9. The summed E-state index contributed by atoms with van der Waals surface area (Å²) < 4.78 is 43.0. The molecule has 0 fully saturated rings. The van der Waals surface area contributed by atoms with Gasteiger partial charge in [-0.3, -0.25) is 19.2 Å². The Balaban J connectivity index is 3.19. The second-order valence-electron chi connectivity index (χ2n) is 4.22. The Bertz CT molecular complexity index is 739. The van der Waals surface area contributed by atoms with Crippen molar-refractivity contribution in [1.82, 2.24) is 0 Å². The van der Waals surface area contributed by atoms with E-state index in [-0.39, 0.29) is 11.1 Å². The summed E-state index contributed by atoms with van der Waals surface area (Å²) >= 11 is 2.78. The normalized spacial score (nSPS) is 10.9. The maximum atomic E-state index is 12.9. The number of carbonyl (C=O) groups is 5. The highest BCUT2D eigenvalue weighted by atomic mass is 79.9. The lowest BCUT2D eigenvalue weighted by Gasteiger charge is -2.11. The quantitative estimate of drug-likeness (QED) is 0.309. The average Bonchev–Trinajstić information content (AvgIpc) is 2.51. The Morgan fingerprint density at radius 2 is 1.62 bits per heavy atom. The van der Waals surface area contributed by atoms with Crippen molar-refractivity contribution in [1.29, 1.82) is 0 Å². The fourth-order valence-corrected chi connectivity index (χ4v) is 1.93. The lowest BCUT2D eigenvalue weighted by atomic mass is 9.97. The number of alkyl halides is 3. The Morgan fingerprint density at radius 3 is 2.12 bits per heavy atom. The second-order valence-corrected chi connectivity index (χ2v) is 5.14. The van der Waals surface area contributed by atoms with Gasteiger partial charge < -0.3 is 4.74 Å². The minimum Gasteiger partial charge on any atom is -0.460 e. The molecule has 0 unspecified atom stereocenters. The van der Waals surface area contributed by atoms with Crippen LogP contribution in [0.5, 0.6) is 0 Å². The fraction of sp³-hybridized carbons (Fsp3) is 0.214. The number of carbonyl (C=O) groups excluding carboxylic acids is 5. The average molecular weight is 409 g/mol. The van der Waals surface area contributed by atoms with E-state index in [1.54, 1.807) is 0 Å². The van der Waals surface area contributed by atoms with Crippen molar-refractivity contribution in [3.05, 3.63) is 33.8 Å². The smallest absolute Gasteiger partial charge is 0.417 e. The molecule has 0 N–H and O–H groups in total. The van der Waals surface area contributed by atoms with Gasteiger partial charge in [-0.15, -0.1) is 0 Å². The molecule has 0 radical (unpaired) electrons. The summed E-state index contributed by atoms with van der Waals surface area (Å²) in [6.45, 7) is 1.05. The summed E-state index contributed by atoms with van der Waals surface area (Å²) in [6.07, 6.45) is -4.98. The number of benzene rings is 1. The molecule has 1 aromatic carbocycles. The molecule has 0 saturated heterocycles. The van der Waals surface area contributed by atoms with Gasteiger partial charge >= 0.3 is 17.9 Å². The molecule has 24 heavy (non-hydrogen) atoms. The van der Waals surface area contributed by atoms with Gasteiger partial charge in [-0.1, -0.05) is 15.9 Å². The predicted molar refractivity (Wildman–Crippen MR) is 75.1 cm³/mol. The van der Waals surface area contributed by atoms with Gasteiger partial charge in [-0.25, -0.2) is 4.79 Å². The number of rotatable bonds is 6. The number of halogens is 4. The van der Waals surface area contributed by atoms with Gasteiger partial charge in [-0.2, -0.15) is 13.2 Å². The first-order valence-corrected chi connectivity index (χ1v) is 7.01. The third-order valence-electron chi connectivity index (χ3n) is 2.61. The predicted octanol–water partition coefficient (Wildman–Crippen LogP) is 1.92. The lowest BCUT2D eigenvalue weighted by molar-refractivity contribution is -0.157. The number of hydrogen-bond acceptors (Lipinski definition) is 6. The van der Waals surface area contributed by atoms with E-state index in [4.69, 9.17) is 0 Å². The molecule has 10 heteroatoms. The minimum atomic E-state index is -4.98. The number of esters is 1. The van der Waals surface area contributed by atoms with E-state index in [1.165, 1.54) is 6.92 Å². The van der Waals surface area contributed by atoms with E-state index in [0.29, 0.717) is 12.1 Å². The van der Waals surface area contributed by atoms with E-state index < -0.39 is 46.4 Å². The summed E-state index contributed by atoms with van der Waals surface area (Å²) in [5.74, 6) is -9.57. The maximum absolute atomic E-state index is 12.9. The third kappa shape index (κ3) is 4.34. The van der Waals surface area contributed by atoms with E-state index in [2.05, 4.69) is 20.7 Å². The molecule has 6 nitrogen and oxygen atoms in total. The molecule has 1 rings (SSSR count). The molecule has 0 aliphatic carbocycles. The van der Waals surface area contributed by atoms with Crippen LogP contribution in [-0.2, 0) is 30.1 Å². The molecule has 0 aromatic heterocycles. The maximum Gasteiger partial charge on any atom is 0.417 e. The van der Waals surface area contributed by atoms with Gasteiger partial charge in [0.2, 0.25) is 5.78 Å². The first-order chi connectivity index (χ1) is 11.0. The van der Waals surface area contributed by atoms with E-state index in [0.717, 1.165) is 6.07 Å². The van der Waals surface area contributed by atoms with Crippen LogP contribution >= 0.6 is 15.9 Å². The van der Waals surface area contributed by atoms with Crippen LogP contribution in [0.1, 0.15) is 22.8 Å². The van der Waals surface area contributed by atoms with Crippen molar-refractivity contribution in [2.24, 2.45) is 0 Å². The van der Waals surface area contributed by atoms with Crippen LogP contribution < -0.4 is 0 Å². The van der Waals surface area contributed by atoms with Crippen LogP contribution in [0.4, 0.5) is 13.2 Å². The van der Waals surface area contributed by atoms with Gasteiger partial charge in [0.25, 0.3) is 11.6 Å². The molecule has 128 valence electrons. The van der Waals surface area contributed by atoms with Gasteiger partial charge in [0.05, 0.1) is 12.2 Å². The molecule has 0 aliphatic heterocycles. The van der Waals surface area contributed by atoms with Crippen molar-refractivity contribution in [2.75, 3.05) is 6.61 Å². The summed E-state index contributed by atoms with van der Waals surface area (Å²) in [5.41, 5.74) is -2.58. The standard InChI is InChI=1S/C14H8BrF3O6/c1-2-24-13(23)12(22)11(21)10(20)9(19)7-4-3-6(15)5-8(7)14(16,17)18/h3-5H,2H2,1H3. The number of hydrogen-bond donors (Lipinski definition) is 0. The molecule has 0 heterocycles. The van der Waals surface area contributed by atoms with E-state index in [9.17, 15) is 37.1 Å². The summed E-state index contributed by atoms with van der Waals surface area (Å²) in [7, 11) is 0. The van der Waals surface area contributed by atoms with Gasteiger partial charge in [0, 0.05) is 10.0 Å². The highest BCUT2D eigenvalue weighted by Crippen LogP contribution is 2.34. The van der Waals surface area contributed by atoms with Crippen molar-refractivity contribution < 1.29 is 41.9 Å². The summed E-state index contributed by atoms with van der Waals surface area (Å²) in [4.78, 5) is 57.4. The number of ketones is 4. The Labute approximate surface area is 141 Å². The van der Waals surface area contributed by atoms with Gasteiger partial charge in [0.1, 0.15) is 0 Å². The zero-order chi connectivity index (χ0) is 18.7. The monoisotopic (exact) mass is 408 g/mol. The Kier molecular flexibility index (Phi) is 6.13. The molecule has 0 bridgehead atoms. The van der Waals surface area contributed by atoms with Crippen LogP contribution in [-0.4, -0.2) is 35.7 Å². The van der Waals surface area contributed by atoms with Crippen molar-refractivity contribution >= 4 is 45.0 Å². The largest absolute Gasteiger partial charge is 0.460 e. The molecule has 0 aliphatic rings. The minimum absolute atomic E-state index is 0.0206. The molecular weight excluding hydrogens is 401 g/mol. The van der Waals surface area contributed by atoms with Gasteiger partial charge in [0.15, 0.2) is 0 Å². The summed E-state index contributed by atoms with van der Waals surface area (Å²) in [6, 6.07) is 2.26. The van der Waals surface area contributed by atoms with Crippen LogP contribution in [0, 0.1) is 0 Å². The molecule has 0 spiro atoms. The van der Waals surface area contributed by atoms with E-state index >= 15 is 0 Å². The number of ether oxygens (including phenoxy) is 1. The van der Waals surface area contributed by atoms with Crippen molar-refractivity contribution in [2.45, 2.75) is 13.1 Å². The Morgan fingerprint density at radius 1 is 1.04 bits per heavy atom. The lowest BCUT2D eigenvalue weighted by Crippen LogP contribution is -2.36. The molecule has 0 atom stereocenters. The molecule has 1 aromatic rings. The topological polar surface area (TPSA) is 94.6 Å². The fourth-order valence-electron chi connectivity index (χ4n) is 1.57. The third-order valence-corrected chi connectivity index (χ3v) is 3.10. The summed E-state index contributed by atoms with van der Waals surface area (Å²) in [5, 5.41) is 0. The van der Waals surface area contributed by atoms with Crippen LogP contribution in [0.3, 0.4) is 0 Å². The zero-order valence-corrected chi connectivity index (χ0v) is 13.5. The second kappa shape index (κ2) is 7.47. The highest BCUT2D eigenvalue weighted by molar-refractivity contribution is 9.10. The first kappa shape index (κ1) is 19.7. The van der Waals surface area contributed by atoms with Crippen LogP contribution in [0.2, 0.25) is 0 Å². The van der Waals surface area contributed by atoms with Gasteiger partial charge in [-0.05, 0) is 25.1 Å².